The molecule has 8 N–H and O–H groups in total. The molecule has 0 rings (SSSR count). The van der Waals surface area contributed by atoms with Gasteiger partial charge in [-0.25, -0.2) is 4.79 Å². The molecule has 3 amide bonds. The smallest absolute Gasteiger partial charge is 0.326 e. The van der Waals surface area contributed by atoms with E-state index >= 15 is 0 Å². The first-order valence-corrected chi connectivity index (χ1v) is 10.5. The zero-order valence-electron chi connectivity index (χ0n) is 19.2. The summed E-state index contributed by atoms with van der Waals surface area (Å²) in [5.41, 5.74) is 5.53. The van der Waals surface area contributed by atoms with Crippen LogP contribution in [0.5, 0.6) is 0 Å². The summed E-state index contributed by atoms with van der Waals surface area (Å²) < 4.78 is 0. The van der Waals surface area contributed by atoms with E-state index in [1.807, 2.05) is 0 Å². The Morgan fingerprint density at radius 3 is 1.73 bits per heavy atom. The van der Waals surface area contributed by atoms with Crippen LogP contribution in [0.2, 0.25) is 0 Å². The lowest BCUT2D eigenvalue weighted by Crippen LogP contribution is -2.59. The summed E-state index contributed by atoms with van der Waals surface area (Å²) in [6, 6.07) is -5.15. The van der Waals surface area contributed by atoms with Crippen molar-refractivity contribution in [2.24, 2.45) is 17.6 Å². The normalized spacial score (nSPS) is 15.5. The Kier molecular flexibility index (Phi) is 12.7. The van der Waals surface area contributed by atoms with E-state index in [-0.39, 0.29) is 6.42 Å². The number of carbonyl (C=O) groups excluding carboxylic acids is 3. The van der Waals surface area contributed by atoms with Crippen molar-refractivity contribution in [3.8, 4) is 0 Å². The largest absolute Gasteiger partial charge is 0.481 e. The van der Waals surface area contributed by atoms with Gasteiger partial charge in [0, 0.05) is 6.42 Å². The first kappa shape index (κ1) is 29.8. The van der Waals surface area contributed by atoms with Crippen LogP contribution in [0, 0.1) is 11.8 Å². The first-order chi connectivity index (χ1) is 15.2. The maximum Gasteiger partial charge on any atom is 0.326 e. The number of carbonyl (C=O) groups is 6. The molecule has 0 saturated heterocycles. The minimum Gasteiger partial charge on any atom is -0.481 e. The fourth-order valence-corrected chi connectivity index (χ4v) is 2.81. The van der Waals surface area contributed by atoms with Crippen LogP contribution in [-0.4, -0.2) is 75.1 Å². The van der Waals surface area contributed by atoms with Crippen molar-refractivity contribution in [1.82, 2.24) is 16.0 Å². The van der Waals surface area contributed by atoms with Gasteiger partial charge in [0.25, 0.3) is 0 Å². The fourth-order valence-electron chi connectivity index (χ4n) is 2.81. The molecule has 0 aliphatic carbocycles. The number of nitrogens with one attached hydrogen (secondary N) is 3. The summed E-state index contributed by atoms with van der Waals surface area (Å²) in [5.74, 6) is -7.21. The molecule has 0 radical (unpaired) electrons. The van der Waals surface area contributed by atoms with Crippen LogP contribution in [0.1, 0.15) is 53.4 Å². The molecular weight excluding hydrogens is 440 g/mol. The van der Waals surface area contributed by atoms with Gasteiger partial charge < -0.3 is 37.0 Å². The number of rotatable bonds is 15. The molecule has 188 valence electrons. The predicted octanol–water partition coefficient (Wildman–Crippen LogP) is -1.11. The van der Waals surface area contributed by atoms with Crippen molar-refractivity contribution in [2.75, 3.05) is 0 Å². The number of carboxylic acids is 3. The number of aliphatic carboxylic acids is 3. The van der Waals surface area contributed by atoms with E-state index in [4.69, 9.17) is 15.9 Å². The Bertz CT molecular complexity index is 741. The average Bonchev–Trinajstić information content (AvgIpc) is 2.70. The Labute approximate surface area is 191 Å². The molecule has 33 heavy (non-hydrogen) atoms. The summed E-state index contributed by atoms with van der Waals surface area (Å²) in [5, 5.41) is 34.0. The number of nitrogens with two attached hydrogens (primary N) is 1. The van der Waals surface area contributed by atoms with E-state index < -0.39 is 84.5 Å². The first-order valence-electron chi connectivity index (χ1n) is 10.5. The third-order valence-corrected chi connectivity index (χ3v) is 5.03. The van der Waals surface area contributed by atoms with E-state index in [9.17, 15) is 33.9 Å². The van der Waals surface area contributed by atoms with Gasteiger partial charge in [-0.2, -0.15) is 0 Å². The predicted molar refractivity (Wildman–Crippen MR) is 115 cm³/mol. The molecule has 0 aromatic rings. The third kappa shape index (κ3) is 10.8. The van der Waals surface area contributed by atoms with E-state index in [2.05, 4.69) is 16.0 Å². The van der Waals surface area contributed by atoms with Crippen LogP contribution in [0.15, 0.2) is 0 Å². The molecule has 0 bridgehead atoms. The second-order valence-corrected chi connectivity index (χ2v) is 8.14. The van der Waals surface area contributed by atoms with Gasteiger partial charge in [0.1, 0.15) is 18.1 Å². The van der Waals surface area contributed by atoms with Crippen LogP contribution in [0.3, 0.4) is 0 Å². The minimum absolute atomic E-state index is 0.344. The summed E-state index contributed by atoms with van der Waals surface area (Å²) in [6.45, 7) is 6.65. The van der Waals surface area contributed by atoms with Gasteiger partial charge in [0.2, 0.25) is 17.7 Å². The molecule has 0 aliphatic heterocycles. The van der Waals surface area contributed by atoms with Crippen molar-refractivity contribution in [3.63, 3.8) is 0 Å². The Hall–Kier alpha value is -3.22. The van der Waals surface area contributed by atoms with Crippen LogP contribution in [-0.2, 0) is 28.8 Å². The molecule has 13 nitrogen and oxygen atoms in total. The molecule has 0 aromatic heterocycles. The SMILES string of the molecule is CCC(C)C(NC(=O)C(NC(=O)C(N)CC(=O)O)C(C)C)C(=O)NC(CCC(=O)O)C(=O)O. The van der Waals surface area contributed by atoms with Crippen molar-refractivity contribution in [2.45, 2.75) is 77.5 Å². The lowest BCUT2D eigenvalue weighted by atomic mass is 9.96. The van der Waals surface area contributed by atoms with Gasteiger partial charge in [-0.3, -0.25) is 24.0 Å². The summed E-state index contributed by atoms with van der Waals surface area (Å²) in [7, 11) is 0. The Morgan fingerprint density at radius 1 is 0.788 bits per heavy atom. The van der Waals surface area contributed by atoms with E-state index in [1.165, 1.54) is 0 Å². The molecule has 5 unspecified atom stereocenters. The highest BCUT2D eigenvalue weighted by molar-refractivity contribution is 5.95. The number of hydrogen-bond donors (Lipinski definition) is 7. The van der Waals surface area contributed by atoms with Crippen LogP contribution < -0.4 is 21.7 Å². The summed E-state index contributed by atoms with van der Waals surface area (Å²) in [4.78, 5) is 70.7. The number of hydrogen-bond acceptors (Lipinski definition) is 7. The van der Waals surface area contributed by atoms with Crippen LogP contribution in [0.25, 0.3) is 0 Å². The van der Waals surface area contributed by atoms with Gasteiger partial charge in [-0.1, -0.05) is 34.1 Å². The van der Waals surface area contributed by atoms with Crippen molar-refractivity contribution >= 4 is 35.6 Å². The maximum atomic E-state index is 12.9. The Morgan fingerprint density at radius 2 is 1.30 bits per heavy atom. The van der Waals surface area contributed by atoms with Gasteiger partial charge in [-0.15, -0.1) is 0 Å². The lowest BCUT2D eigenvalue weighted by molar-refractivity contribution is -0.143. The number of carboxylic acid groups (broad SMARTS) is 3. The zero-order chi connectivity index (χ0) is 25.9. The lowest BCUT2D eigenvalue weighted by Gasteiger charge is -2.29. The standard InChI is InChI=1S/C20H34N4O9/c1-5-10(4)16(19(31)22-12(20(32)33)6-7-13(25)26)24-18(30)15(9(2)3)23-17(29)11(21)8-14(27)28/h9-12,15-16H,5-8,21H2,1-4H3,(H,22,31)(H,23,29)(H,24,30)(H,25,26)(H,27,28)(H,32,33). The van der Waals surface area contributed by atoms with Gasteiger partial charge in [0.15, 0.2) is 0 Å². The minimum atomic E-state index is -1.47. The van der Waals surface area contributed by atoms with E-state index in [1.54, 1.807) is 27.7 Å². The summed E-state index contributed by atoms with van der Waals surface area (Å²) >= 11 is 0. The van der Waals surface area contributed by atoms with Gasteiger partial charge in [-0.05, 0) is 18.3 Å². The van der Waals surface area contributed by atoms with Crippen molar-refractivity contribution in [1.29, 1.82) is 0 Å². The molecule has 5 atom stereocenters. The van der Waals surface area contributed by atoms with E-state index in [0.717, 1.165) is 0 Å². The van der Waals surface area contributed by atoms with Crippen LogP contribution in [0.4, 0.5) is 0 Å². The monoisotopic (exact) mass is 474 g/mol. The zero-order valence-corrected chi connectivity index (χ0v) is 19.2. The molecular formula is C20H34N4O9. The fraction of sp³-hybridized carbons (Fsp3) is 0.700. The highest BCUT2D eigenvalue weighted by Crippen LogP contribution is 2.11. The topological polar surface area (TPSA) is 225 Å². The van der Waals surface area contributed by atoms with Crippen molar-refractivity contribution < 1.29 is 44.1 Å². The van der Waals surface area contributed by atoms with Crippen LogP contribution >= 0.6 is 0 Å². The van der Waals surface area contributed by atoms with Crippen molar-refractivity contribution in [3.05, 3.63) is 0 Å². The number of amides is 3. The Balaban J connectivity index is 5.50. The summed E-state index contributed by atoms with van der Waals surface area (Å²) in [6.07, 6.45) is -1.02. The maximum absolute atomic E-state index is 12.9. The third-order valence-electron chi connectivity index (χ3n) is 5.03. The molecule has 0 aliphatic rings. The average molecular weight is 475 g/mol. The molecule has 0 aromatic carbocycles. The second kappa shape index (κ2) is 14.0. The second-order valence-electron chi connectivity index (χ2n) is 8.14. The molecule has 0 fully saturated rings. The quantitative estimate of drug-likeness (QED) is 0.151. The molecule has 0 heterocycles. The highest BCUT2D eigenvalue weighted by atomic mass is 16.4. The van der Waals surface area contributed by atoms with Gasteiger partial charge in [0.05, 0.1) is 12.5 Å². The molecule has 0 saturated carbocycles. The highest BCUT2D eigenvalue weighted by Gasteiger charge is 2.34. The molecule has 0 spiro atoms. The molecule has 13 heteroatoms. The van der Waals surface area contributed by atoms with E-state index in [0.29, 0.717) is 6.42 Å². The van der Waals surface area contributed by atoms with Gasteiger partial charge >= 0.3 is 17.9 Å².